The van der Waals surface area contributed by atoms with Crippen LogP contribution >= 0.6 is 0 Å². The van der Waals surface area contributed by atoms with Gasteiger partial charge in [-0.15, -0.1) is 0 Å². The van der Waals surface area contributed by atoms with Gasteiger partial charge in [0.15, 0.2) is 0 Å². The standard InChI is InChI=1S/C11H20O2/c1-5-6-7-9(2)11(13-4)10(3)8-12/h5-7,9-12H,1,8H2,2-4H3/b7-6+. The van der Waals surface area contributed by atoms with Crippen LogP contribution in [0, 0.1) is 11.8 Å². The van der Waals surface area contributed by atoms with Crippen molar-refractivity contribution in [3.8, 4) is 0 Å². The molecule has 2 nitrogen and oxygen atoms in total. The second-order valence-electron chi connectivity index (χ2n) is 3.34. The number of hydrogen-bond acceptors (Lipinski definition) is 2. The van der Waals surface area contributed by atoms with Crippen molar-refractivity contribution < 1.29 is 9.84 Å². The molecule has 1 N–H and O–H groups in total. The zero-order valence-electron chi connectivity index (χ0n) is 8.73. The second-order valence-corrected chi connectivity index (χ2v) is 3.34. The molecule has 0 heterocycles. The zero-order chi connectivity index (χ0) is 10.3. The molecule has 3 atom stereocenters. The summed E-state index contributed by atoms with van der Waals surface area (Å²) in [5.41, 5.74) is 0. The van der Waals surface area contributed by atoms with Crippen molar-refractivity contribution in [1.29, 1.82) is 0 Å². The lowest BCUT2D eigenvalue weighted by Crippen LogP contribution is -2.29. The lowest BCUT2D eigenvalue weighted by atomic mass is 9.93. The zero-order valence-corrected chi connectivity index (χ0v) is 8.73. The van der Waals surface area contributed by atoms with Gasteiger partial charge in [0.25, 0.3) is 0 Å². The Hall–Kier alpha value is -0.600. The van der Waals surface area contributed by atoms with E-state index in [9.17, 15) is 0 Å². The van der Waals surface area contributed by atoms with E-state index in [-0.39, 0.29) is 18.6 Å². The Morgan fingerprint density at radius 1 is 1.46 bits per heavy atom. The number of rotatable bonds is 6. The summed E-state index contributed by atoms with van der Waals surface area (Å²) in [6.45, 7) is 7.81. The van der Waals surface area contributed by atoms with Crippen LogP contribution in [0.25, 0.3) is 0 Å². The highest BCUT2D eigenvalue weighted by atomic mass is 16.5. The first kappa shape index (κ1) is 12.4. The summed E-state index contributed by atoms with van der Waals surface area (Å²) in [5.74, 6) is 0.458. The van der Waals surface area contributed by atoms with E-state index >= 15 is 0 Å². The molecule has 3 unspecified atom stereocenters. The number of ether oxygens (including phenoxy) is 1. The predicted octanol–water partition coefficient (Wildman–Crippen LogP) is 2.01. The van der Waals surface area contributed by atoms with Crippen LogP contribution in [0.2, 0.25) is 0 Å². The van der Waals surface area contributed by atoms with Gasteiger partial charge in [0, 0.05) is 25.6 Å². The van der Waals surface area contributed by atoms with Crippen LogP contribution in [0.4, 0.5) is 0 Å². The van der Waals surface area contributed by atoms with Gasteiger partial charge >= 0.3 is 0 Å². The molecule has 0 spiro atoms. The Morgan fingerprint density at radius 3 is 2.46 bits per heavy atom. The molecule has 0 rings (SSSR count). The molecule has 13 heavy (non-hydrogen) atoms. The Kier molecular flexibility index (Phi) is 6.55. The van der Waals surface area contributed by atoms with Gasteiger partial charge in [-0.25, -0.2) is 0 Å². The minimum Gasteiger partial charge on any atom is -0.396 e. The van der Waals surface area contributed by atoms with Crippen molar-refractivity contribution in [1.82, 2.24) is 0 Å². The van der Waals surface area contributed by atoms with E-state index in [4.69, 9.17) is 9.84 Å². The normalized spacial score (nSPS) is 18.5. The monoisotopic (exact) mass is 184 g/mol. The molecule has 0 aliphatic heterocycles. The van der Waals surface area contributed by atoms with E-state index in [1.807, 2.05) is 19.1 Å². The summed E-state index contributed by atoms with van der Waals surface area (Å²) in [7, 11) is 1.68. The number of aliphatic hydroxyl groups excluding tert-OH is 1. The van der Waals surface area contributed by atoms with Crippen molar-refractivity contribution in [2.24, 2.45) is 11.8 Å². The second kappa shape index (κ2) is 6.87. The largest absolute Gasteiger partial charge is 0.396 e. The molecule has 0 saturated heterocycles. The number of aliphatic hydroxyl groups is 1. The number of hydrogen-bond donors (Lipinski definition) is 1. The molecule has 0 aliphatic carbocycles. The molecule has 0 aliphatic rings. The predicted molar refractivity (Wildman–Crippen MR) is 55.5 cm³/mol. The van der Waals surface area contributed by atoms with Crippen molar-refractivity contribution >= 4 is 0 Å². The Labute approximate surface area is 80.9 Å². The first-order valence-electron chi connectivity index (χ1n) is 4.60. The molecular formula is C11H20O2. The fourth-order valence-electron chi connectivity index (χ4n) is 1.43. The first-order valence-corrected chi connectivity index (χ1v) is 4.60. The maximum Gasteiger partial charge on any atom is 0.0678 e. The van der Waals surface area contributed by atoms with Crippen LogP contribution in [-0.2, 0) is 4.74 Å². The van der Waals surface area contributed by atoms with E-state index in [0.717, 1.165) is 0 Å². The Morgan fingerprint density at radius 2 is 2.08 bits per heavy atom. The van der Waals surface area contributed by atoms with Gasteiger partial charge in [0.05, 0.1) is 6.10 Å². The summed E-state index contributed by atoms with van der Waals surface area (Å²) < 4.78 is 5.32. The fraction of sp³-hybridized carbons (Fsp3) is 0.636. The van der Waals surface area contributed by atoms with Gasteiger partial charge in [0.2, 0.25) is 0 Å². The average molecular weight is 184 g/mol. The van der Waals surface area contributed by atoms with Crippen LogP contribution in [0.5, 0.6) is 0 Å². The van der Waals surface area contributed by atoms with Gasteiger partial charge in [-0.2, -0.15) is 0 Å². The van der Waals surface area contributed by atoms with Crippen molar-refractivity contribution in [3.05, 3.63) is 24.8 Å². The Bertz CT molecular complexity index is 163. The van der Waals surface area contributed by atoms with Crippen molar-refractivity contribution in [3.63, 3.8) is 0 Å². The van der Waals surface area contributed by atoms with Crippen LogP contribution in [0.3, 0.4) is 0 Å². The third kappa shape index (κ3) is 4.25. The lowest BCUT2D eigenvalue weighted by Gasteiger charge is -2.24. The third-order valence-electron chi connectivity index (χ3n) is 2.19. The molecule has 0 aromatic carbocycles. The maximum atomic E-state index is 8.99. The summed E-state index contributed by atoms with van der Waals surface area (Å²) in [5, 5.41) is 8.99. The van der Waals surface area contributed by atoms with Gasteiger partial charge in [-0.1, -0.05) is 38.7 Å². The molecule has 0 bridgehead atoms. The minimum absolute atomic E-state index is 0.0706. The molecule has 2 heteroatoms. The third-order valence-corrected chi connectivity index (χ3v) is 2.19. The van der Waals surface area contributed by atoms with E-state index in [0.29, 0.717) is 5.92 Å². The summed E-state index contributed by atoms with van der Waals surface area (Å²) >= 11 is 0. The highest BCUT2D eigenvalue weighted by Crippen LogP contribution is 2.17. The van der Waals surface area contributed by atoms with E-state index < -0.39 is 0 Å². The van der Waals surface area contributed by atoms with Crippen LogP contribution < -0.4 is 0 Å². The molecule has 0 aromatic rings. The van der Waals surface area contributed by atoms with Crippen LogP contribution in [0.1, 0.15) is 13.8 Å². The SMILES string of the molecule is C=C/C=C/C(C)C(OC)C(C)CO. The topological polar surface area (TPSA) is 29.5 Å². The van der Waals surface area contributed by atoms with Gasteiger partial charge in [-0.05, 0) is 0 Å². The smallest absolute Gasteiger partial charge is 0.0678 e. The molecular weight excluding hydrogens is 164 g/mol. The van der Waals surface area contributed by atoms with Crippen LogP contribution in [-0.4, -0.2) is 24.9 Å². The average Bonchev–Trinajstić information content (AvgIpc) is 2.15. The van der Waals surface area contributed by atoms with E-state index in [1.165, 1.54) is 0 Å². The quantitative estimate of drug-likeness (QED) is 0.640. The highest BCUT2D eigenvalue weighted by Gasteiger charge is 2.20. The molecule has 0 saturated carbocycles. The van der Waals surface area contributed by atoms with E-state index in [2.05, 4.69) is 13.5 Å². The lowest BCUT2D eigenvalue weighted by molar-refractivity contribution is 0.0107. The van der Waals surface area contributed by atoms with Gasteiger partial charge in [-0.3, -0.25) is 0 Å². The van der Waals surface area contributed by atoms with Gasteiger partial charge < -0.3 is 9.84 Å². The van der Waals surface area contributed by atoms with Crippen molar-refractivity contribution in [2.45, 2.75) is 20.0 Å². The van der Waals surface area contributed by atoms with E-state index in [1.54, 1.807) is 13.2 Å². The molecule has 0 amide bonds. The fourth-order valence-corrected chi connectivity index (χ4v) is 1.43. The Balaban J connectivity index is 4.21. The minimum atomic E-state index is 0.0706. The highest BCUT2D eigenvalue weighted by molar-refractivity contribution is 5.01. The maximum absolute atomic E-state index is 8.99. The molecule has 76 valence electrons. The van der Waals surface area contributed by atoms with Crippen LogP contribution in [0.15, 0.2) is 24.8 Å². The molecule has 0 aromatic heterocycles. The van der Waals surface area contributed by atoms with Gasteiger partial charge in [0.1, 0.15) is 0 Å². The first-order chi connectivity index (χ1) is 6.17. The molecule has 0 fully saturated rings. The molecule has 0 radical (unpaired) electrons. The number of allylic oxidation sites excluding steroid dienone is 2. The van der Waals surface area contributed by atoms with Crippen molar-refractivity contribution in [2.75, 3.05) is 13.7 Å². The number of methoxy groups -OCH3 is 1. The summed E-state index contributed by atoms with van der Waals surface area (Å²) in [6, 6.07) is 0. The summed E-state index contributed by atoms with van der Waals surface area (Å²) in [4.78, 5) is 0. The summed E-state index contributed by atoms with van der Waals surface area (Å²) in [6.07, 6.45) is 5.75.